The molecule has 0 aliphatic heterocycles. The van der Waals surface area contributed by atoms with Gasteiger partial charge in [0.05, 0.1) is 0 Å². The zero-order valence-corrected chi connectivity index (χ0v) is 8.84. The lowest BCUT2D eigenvalue weighted by atomic mass is 10.2. The Morgan fingerprint density at radius 2 is 2.33 bits per heavy atom. The second-order valence-corrected chi connectivity index (χ2v) is 3.10. The van der Waals surface area contributed by atoms with Crippen molar-refractivity contribution in [3.63, 3.8) is 0 Å². The summed E-state index contributed by atoms with van der Waals surface area (Å²) >= 11 is 5.73. The van der Waals surface area contributed by atoms with Crippen molar-refractivity contribution in [2.75, 3.05) is 6.61 Å². The van der Waals surface area contributed by atoms with Crippen LogP contribution in [0.3, 0.4) is 0 Å². The van der Waals surface area contributed by atoms with Crippen molar-refractivity contribution in [2.45, 2.75) is 6.92 Å². The maximum Gasteiger partial charge on any atom is 0.339 e. The summed E-state index contributed by atoms with van der Waals surface area (Å²) in [5, 5.41) is 9.28. The molecule has 0 amide bonds. The lowest BCUT2D eigenvalue weighted by Gasteiger charge is -2.06. The Hall–Kier alpha value is -1.66. The van der Waals surface area contributed by atoms with E-state index >= 15 is 0 Å². The van der Waals surface area contributed by atoms with Gasteiger partial charge in [-0.05, 0) is 25.1 Å². The summed E-state index contributed by atoms with van der Waals surface area (Å²) in [5.41, 5.74) is 0.0808. The molecule has 0 radical (unpaired) electrons. The molecule has 1 aromatic carbocycles. The summed E-state index contributed by atoms with van der Waals surface area (Å²) in [6, 6.07) is 4.37. The molecule has 0 bridgehead atoms. The third kappa shape index (κ3) is 3.19. The van der Waals surface area contributed by atoms with Crippen molar-refractivity contribution < 1.29 is 14.6 Å². The first kappa shape index (κ1) is 11.4. The molecule has 0 saturated heterocycles. The maximum absolute atomic E-state index is 10.8. The summed E-state index contributed by atoms with van der Waals surface area (Å²) in [6.45, 7) is 1.83. The molecular formula is C11H9ClO3. The van der Waals surface area contributed by atoms with E-state index in [9.17, 15) is 4.79 Å². The molecular weight excluding hydrogens is 216 g/mol. The van der Waals surface area contributed by atoms with Crippen LogP contribution in [-0.4, -0.2) is 17.7 Å². The first-order valence-electron chi connectivity index (χ1n) is 4.20. The zero-order chi connectivity index (χ0) is 11.3. The number of benzene rings is 1. The van der Waals surface area contributed by atoms with E-state index in [1.807, 2.05) is 0 Å². The molecule has 78 valence electrons. The number of halogens is 1. The molecule has 1 N–H and O–H groups in total. The van der Waals surface area contributed by atoms with Gasteiger partial charge in [-0.1, -0.05) is 17.5 Å². The molecule has 4 heteroatoms. The highest BCUT2D eigenvalue weighted by molar-refractivity contribution is 6.30. The van der Waals surface area contributed by atoms with E-state index in [-0.39, 0.29) is 17.9 Å². The number of carbonyl (C=O) groups is 1. The van der Waals surface area contributed by atoms with Crippen LogP contribution in [0.25, 0.3) is 0 Å². The maximum atomic E-state index is 10.8. The largest absolute Gasteiger partial charge is 0.480 e. The minimum atomic E-state index is -1.05. The minimum absolute atomic E-state index is 0.0808. The predicted molar refractivity (Wildman–Crippen MR) is 57.4 cm³/mol. The second kappa shape index (κ2) is 5.28. The van der Waals surface area contributed by atoms with Crippen molar-refractivity contribution in [1.29, 1.82) is 0 Å². The highest BCUT2D eigenvalue weighted by atomic mass is 35.5. The van der Waals surface area contributed by atoms with E-state index in [0.717, 1.165) is 0 Å². The summed E-state index contributed by atoms with van der Waals surface area (Å²) in [4.78, 5) is 10.8. The number of carboxylic acids is 1. The number of ether oxygens (including phenoxy) is 1. The molecule has 0 saturated carbocycles. The highest BCUT2D eigenvalue weighted by Crippen LogP contribution is 2.23. The van der Waals surface area contributed by atoms with Gasteiger partial charge in [-0.15, -0.1) is 5.92 Å². The van der Waals surface area contributed by atoms with Gasteiger partial charge in [-0.2, -0.15) is 0 Å². The summed E-state index contributed by atoms with van der Waals surface area (Å²) in [5.74, 6) is 4.50. The molecule has 0 unspecified atom stereocenters. The second-order valence-electron chi connectivity index (χ2n) is 2.66. The van der Waals surface area contributed by atoms with Crippen molar-refractivity contribution in [1.82, 2.24) is 0 Å². The molecule has 0 aromatic heterocycles. The topological polar surface area (TPSA) is 46.5 Å². The van der Waals surface area contributed by atoms with Crippen LogP contribution in [-0.2, 0) is 0 Å². The summed E-state index contributed by atoms with van der Waals surface area (Å²) < 4.78 is 5.18. The van der Waals surface area contributed by atoms with Crippen LogP contribution in [0.15, 0.2) is 18.2 Å². The third-order valence-electron chi connectivity index (χ3n) is 1.65. The van der Waals surface area contributed by atoms with Crippen LogP contribution < -0.4 is 4.74 Å². The highest BCUT2D eigenvalue weighted by Gasteiger charge is 2.11. The fourth-order valence-corrected chi connectivity index (χ4v) is 1.14. The Balaban J connectivity index is 2.95. The van der Waals surface area contributed by atoms with Gasteiger partial charge >= 0.3 is 5.97 Å². The smallest absolute Gasteiger partial charge is 0.339 e. The van der Waals surface area contributed by atoms with Crippen molar-refractivity contribution >= 4 is 17.6 Å². The third-order valence-corrected chi connectivity index (χ3v) is 1.89. The number of rotatable bonds is 3. The van der Waals surface area contributed by atoms with E-state index in [1.165, 1.54) is 18.2 Å². The van der Waals surface area contributed by atoms with Gasteiger partial charge in [0.2, 0.25) is 0 Å². The van der Waals surface area contributed by atoms with Crippen LogP contribution >= 0.6 is 11.6 Å². The molecule has 0 fully saturated rings. The molecule has 1 aromatic rings. The quantitative estimate of drug-likeness (QED) is 0.803. The predicted octanol–water partition coefficient (Wildman–Crippen LogP) is 2.44. The van der Waals surface area contributed by atoms with E-state index in [0.29, 0.717) is 5.02 Å². The minimum Gasteiger partial charge on any atom is -0.480 e. The van der Waals surface area contributed by atoms with Crippen LogP contribution in [0.2, 0.25) is 5.02 Å². The lowest BCUT2D eigenvalue weighted by Crippen LogP contribution is -2.03. The van der Waals surface area contributed by atoms with E-state index in [2.05, 4.69) is 11.8 Å². The van der Waals surface area contributed by atoms with Crippen molar-refractivity contribution in [3.05, 3.63) is 28.8 Å². The molecule has 0 aliphatic rings. The monoisotopic (exact) mass is 224 g/mol. The molecule has 0 heterocycles. The Labute approximate surface area is 92.6 Å². The fraction of sp³-hybridized carbons (Fsp3) is 0.182. The SMILES string of the molecule is CC#CCOc1cc(Cl)ccc1C(=O)O. The van der Waals surface area contributed by atoms with Crippen LogP contribution in [0.1, 0.15) is 17.3 Å². The van der Waals surface area contributed by atoms with E-state index < -0.39 is 5.97 Å². The van der Waals surface area contributed by atoms with Crippen LogP contribution in [0.5, 0.6) is 5.75 Å². The van der Waals surface area contributed by atoms with Gasteiger partial charge in [0, 0.05) is 5.02 Å². The van der Waals surface area contributed by atoms with Crippen molar-refractivity contribution in [3.8, 4) is 17.6 Å². The average Bonchev–Trinajstić information content (AvgIpc) is 2.18. The van der Waals surface area contributed by atoms with Crippen molar-refractivity contribution in [2.24, 2.45) is 0 Å². The Bertz CT molecular complexity index is 429. The summed E-state index contributed by atoms with van der Waals surface area (Å²) in [7, 11) is 0. The number of carboxylic acid groups (broad SMARTS) is 1. The van der Waals surface area contributed by atoms with E-state index in [4.69, 9.17) is 21.4 Å². The van der Waals surface area contributed by atoms with E-state index in [1.54, 1.807) is 6.92 Å². The molecule has 3 nitrogen and oxygen atoms in total. The standard InChI is InChI=1S/C11H9ClO3/c1-2-3-6-15-10-7-8(12)4-5-9(10)11(13)14/h4-5,7H,6H2,1H3,(H,13,14). The number of hydrogen-bond donors (Lipinski definition) is 1. The van der Waals surface area contributed by atoms with Crippen LogP contribution in [0, 0.1) is 11.8 Å². The summed E-state index contributed by atoms with van der Waals surface area (Å²) in [6.07, 6.45) is 0. The zero-order valence-electron chi connectivity index (χ0n) is 8.08. The van der Waals surface area contributed by atoms with Crippen LogP contribution in [0.4, 0.5) is 0 Å². The normalized spacial score (nSPS) is 8.93. The Morgan fingerprint density at radius 1 is 1.60 bits per heavy atom. The molecule has 1 rings (SSSR count). The average molecular weight is 225 g/mol. The van der Waals surface area contributed by atoms with Gasteiger partial charge in [0.1, 0.15) is 17.9 Å². The Kier molecular flexibility index (Phi) is 4.02. The van der Waals surface area contributed by atoms with Gasteiger partial charge in [0.25, 0.3) is 0 Å². The van der Waals surface area contributed by atoms with Gasteiger partial charge < -0.3 is 9.84 Å². The first-order chi connectivity index (χ1) is 7.15. The molecule has 15 heavy (non-hydrogen) atoms. The van der Waals surface area contributed by atoms with Gasteiger partial charge in [0.15, 0.2) is 0 Å². The number of hydrogen-bond acceptors (Lipinski definition) is 2. The lowest BCUT2D eigenvalue weighted by molar-refractivity contribution is 0.0693. The number of aromatic carboxylic acids is 1. The Morgan fingerprint density at radius 3 is 2.93 bits per heavy atom. The van der Waals surface area contributed by atoms with Gasteiger partial charge in [-0.3, -0.25) is 0 Å². The molecule has 0 spiro atoms. The molecule has 0 atom stereocenters. The fourth-order valence-electron chi connectivity index (χ4n) is 0.978. The first-order valence-corrected chi connectivity index (χ1v) is 4.58. The van der Waals surface area contributed by atoms with Gasteiger partial charge in [-0.25, -0.2) is 4.79 Å². The molecule has 0 aliphatic carbocycles.